The SMILES string of the molecule is CC(C)[C@H](C)NC(=O)[C@H](C)Oc1ccc2ccccc2c1. The first-order valence-electron chi connectivity index (χ1n) is 7.43. The molecule has 21 heavy (non-hydrogen) atoms. The lowest BCUT2D eigenvalue weighted by Crippen LogP contribution is -2.43. The molecule has 0 aliphatic heterocycles. The number of nitrogens with one attached hydrogen (secondary N) is 1. The minimum atomic E-state index is -0.507. The van der Waals surface area contributed by atoms with Gasteiger partial charge in [0.1, 0.15) is 5.75 Å². The van der Waals surface area contributed by atoms with Crippen LogP contribution in [0.4, 0.5) is 0 Å². The molecule has 0 fully saturated rings. The van der Waals surface area contributed by atoms with E-state index in [9.17, 15) is 4.79 Å². The third kappa shape index (κ3) is 3.97. The minimum Gasteiger partial charge on any atom is -0.481 e. The van der Waals surface area contributed by atoms with Crippen molar-refractivity contribution in [2.45, 2.75) is 39.8 Å². The normalized spacial score (nSPS) is 14.0. The van der Waals surface area contributed by atoms with Crippen molar-refractivity contribution in [3.8, 4) is 5.75 Å². The van der Waals surface area contributed by atoms with Gasteiger partial charge in [-0.05, 0) is 42.7 Å². The summed E-state index contributed by atoms with van der Waals surface area (Å²) in [5.74, 6) is 1.04. The van der Waals surface area contributed by atoms with Gasteiger partial charge in [-0.1, -0.05) is 44.2 Å². The Morgan fingerprint density at radius 2 is 1.67 bits per heavy atom. The molecule has 3 nitrogen and oxygen atoms in total. The highest BCUT2D eigenvalue weighted by atomic mass is 16.5. The van der Waals surface area contributed by atoms with Crippen LogP contribution in [0.15, 0.2) is 42.5 Å². The summed E-state index contributed by atoms with van der Waals surface area (Å²) < 4.78 is 5.75. The van der Waals surface area contributed by atoms with Crippen molar-refractivity contribution >= 4 is 16.7 Å². The van der Waals surface area contributed by atoms with Crippen LogP contribution in [0.3, 0.4) is 0 Å². The zero-order chi connectivity index (χ0) is 15.4. The molecule has 112 valence electrons. The van der Waals surface area contributed by atoms with E-state index in [0.717, 1.165) is 10.8 Å². The molecule has 3 heteroatoms. The minimum absolute atomic E-state index is 0.0793. The Balaban J connectivity index is 2.03. The van der Waals surface area contributed by atoms with Crippen LogP contribution in [0.5, 0.6) is 5.75 Å². The number of ether oxygens (including phenoxy) is 1. The predicted octanol–water partition coefficient (Wildman–Crippen LogP) is 3.77. The second-order valence-corrected chi connectivity index (χ2v) is 5.81. The molecule has 0 unspecified atom stereocenters. The highest BCUT2D eigenvalue weighted by molar-refractivity contribution is 5.84. The van der Waals surface area contributed by atoms with Crippen molar-refractivity contribution in [2.75, 3.05) is 0 Å². The van der Waals surface area contributed by atoms with Crippen molar-refractivity contribution in [3.05, 3.63) is 42.5 Å². The van der Waals surface area contributed by atoms with Gasteiger partial charge in [-0.3, -0.25) is 4.79 Å². The fourth-order valence-corrected chi connectivity index (χ4v) is 2.01. The van der Waals surface area contributed by atoms with Crippen LogP contribution < -0.4 is 10.1 Å². The first-order chi connectivity index (χ1) is 9.97. The molecular formula is C18H23NO2. The van der Waals surface area contributed by atoms with Crippen LogP contribution in [0.2, 0.25) is 0 Å². The monoisotopic (exact) mass is 285 g/mol. The number of hydrogen-bond acceptors (Lipinski definition) is 2. The van der Waals surface area contributed by atoms with E-state index in [1.54, 1.807) is 6.92 Å². The van der Waals surface area contributed by atoms with E-state index in [4.69, 9.17) is 4.74 Å². The van der Waals surface area contributed by atoms with Crippen LogP contribution in [-0.2, 0) is 4.79 Å². The molecule has 0 saturated carbocycles. The van der Waals surface area contributed by atoms with Crippen LogP contribution >= 0.6 is 0 Å². The third-order valence-electron chi connectivity index (χ3n) is 3.77. The summed E-state index contributed by atoms with van der Waals surface area (Å²) in [4.78, 5) is 12.1. The lowest BCUT2D eigenvalue weighted by molar-refractivity contribution is -0.128. The summed E-state index contributed by atoms with van der Waals surface area (Å²) in [7, 11) is 0. The molecule has 0 aliphatic carbocycles. The second-order valence-electron chi connectivity index (χ2n) is 5.81. The van der Waals surface area contributed by atoms with Crippen LogP contribution in [-0.4, -0.2) is 18.1 Å². The van der Waals surface area contributed by atoms with E-state index < -0.39 is 6.10 Å². The molecule has 0 heterocycles. The Kier molecular flexibility index (Phi) is 4.84. The van der Waals surface area contributed by atoms with E-state index in [2.05, 4.69) is 25.2 Å². The second kappa shape index (κ2) is 6.61. The molecule has 0 saturated heterocycles. The molecule has 0 aliphatic rings. The predicted molar refractivity (Wildman–Crippen MR) is 86.5 cm³/mol. The highest BCUT2D eigenvalue weighted by Gasteiger charge is 2.18. The zero-order valence-electron chi connectivity index (χ0n) is 13.1. The molecule has 0 bridgehead atoms. The van der Waals surface area contributed by atoms with Crippen LogP contribution in [0, 0.1) is 5.92 Å². The number of benzene rings is 2. The first-order valence-corrected chi connectivity index (χ1v) is 7.43. The highest BCUT2D eigenvalue weighted by Crippen LogP contribution is 2.21. The van der Waals surface area contributed by atoms with Gasteiger partial charge in [0.15, 0.2) is 6.10 Å². The average Bonchev–Trinajstić information content (AvgIpc) is 2.46. The van der Waals surface area contributed by atoms with E-state index in [0.29, 0.717) is 11.7 Å². The van der Waals surface area contributed by atoms with E-state index in [1.165, 1.54) is 0 Å². The number of amides is 1. The summed E-state index contributed by atoms with van der Waals surface area (Å²) in [5, 5.41) is 5.24. The summed E-state index contributed by atoms with van der Waals surface area (Å²) in [6.07, 6.45) is -0.507. The van der Waals surface area contributed by atoms with Gasteiger partial charge in [-0.15, -0.1) is 0 Å². The van der Waals surface area contributed by atoms with Crippen molar-refractivity contribution < 1.29 is 9.53 Å². The standard InChI is InChI=1S/C18H23NO2/c1-12(2)13(3)19-18(20)14(4)21-17-10-9-15-7-5-6-8-16(15)11-17/h5-14H,1-4H3,(H,19,20)/t13-,14-/m0/s1. The lowest BCUT2D eigenvalue weighted by Gasteiger charge is -2.21. The van der Waals surface area contributed by atoms with Gasteiger partial charge in [0.05, 0.1) is 0 Å². The number of hydrogen-bond donors (Lipinski definition) is 1. The van der Waals surface area contributed by atoms with Gasteiger partial charge < -0.3 is 10.1 Å². The largest absolute Gasteiger partial charge is 0.481 e. The Labute approximate surface area is 126 Å². The van der Waals surface area contributed by atoms with Crippen molar-refractivity contribution in [3.63, 3.8) is 0 Å². The van der Waals surface area contributed by atoms with Crippen LogP contribution in [0.25, 0.3) is 10.8 Å². The smallest absolute Gasteiger partial charge is 0.260 e. The van der Waals surface area contributed by atoms with Gasteiger partial charge in [0, 0.05) is 6.04 Å². The lowest BCUT2D eigenvalue weighted by atomic mass is 10.1. The van der Waals surface area contributed by atoms with Crippen molar-refractivity contribution in [1.82, 2.24) is 5.32 Å². The molecule has 2 aromatic carbocycles. The fourth-order valence-electron chi connectivity index (χ4n) is 2.01. The molecule has 1 amide bonds. The Morgan fingerprint density at radius 3 is 2.33 bits per heavy atom. The van der Waals surface area contributed by atoms with Gasteiger partial charge in [-0.2, -0.15) is 0 Å². The zero-order valence-corrected chi connectivity index (χ0v) is 13.1. The molecule has 0 aromatic heterocycles. The van der Waals surface area contributed by atoms with Gasteiger partial charge in [0.25, 0.3) is 5.91 Å². The molecule has 1 N–H and O–H groups in total. The number of carbonyl (C=O) groups excluding carboxylic acids is 1. The van der Waals surface area contributed by atoms with Gasteiger partial charge >= 0.3 is 0 Å². The maximum atomic E-state index is 12.1. The van der Waals surface area contributed by atoms with E-state index >= 15 is 0 Å². The molecule has 2 atom stereocenters. The molecule has 2 aromatic rings. The molecule has 0 spiro atoms. The van der Waals surface area contributed by atoms with E-state index in [-0.39, 0.29) is 11.9 Å². The van der Waals surface area contributed by atoms with Crippen molar-refractivity contribution in [2.24, 2.45) is 5.92 Å². The molecule has 0 radical (unpaired) electrons. The van der Waals surface area contributed by atoms with Crippen molar-refractivity contribution in [1.29, 1.82) is 0 Å². The first kappa shape index (κ1) is 15.4. The third-order valence-corrected chi connectivity index (χ3v) is 3.77. The fraction of sp³-hybridized carbons (Fsp3) is 0.389. The number of carbonyl (C=O) groups is 1. The number of rotatable bonds is 5. The van der Waals surface area contributed by atoms with Gasteiger partial charge in [-0.25, -0.2) is 0 Å². The Morgan fingerprint density at radius 1 is 1.00 bits per heavy atom. The maximum absolute atomic E-state index is 12.1. The summed E-state index contributed by atoms with van der Waals surface area (Å²) in [6, 6.07) is 14.1. The van der Waals surface area contributed by atoms with Gasteiger partial charge in [0.2, 0.25) is 0 Å². The maximum Gasteiger partial charge on any atom is 0.260 e. The molecular weight excluding hydrogens is 262 g/mol. The average molecular weight is 285 g/mol. The summed E-state index contributed by atoms with van der Waals surface area (Å²) in [5.41, 5.74) is 0. The quantitative estimate of drug-likeness (QED) is 0.908. The Bertz CT molecular complexity index is 621. The summed E-state index contributed by atoms with van der Waals surface area (Å²) >= 11 is 0. The summed E-state index contributed by atoms with van der Waals surface area (Å²) in [6.45, 7) is 7.95. The molecule has 2 rings (SSSR count). The van der Waals surface area contributed by atoms with Crippen LogP contribution in [0.1, 0.15) is 27.7 Å². The topological polar surface area (TPSA) is 38.3 Å². The Hall–Kier alpha value is -2.03. The van der Waals surface area contributed by atoms with E-state index in [1.807, 2.05) is 43.3 Å². The number of fused-ring (bicyclic) bond motifs is 1.